The third kappa shape index (κ3) is 2.98. The van der Waals surface area contributed by atoms with Crippen LogP contribution in [0.5, 0.6) is 0 Å². The van der Waals surface area contributed by atoms with Gasteiger partial charge in [0.05, 0.1) is 0 Å². The van der Waals surface area contributed by atoms with Gasteiger partial charge in [-0.25, -0.2) is 0 Å². The van der Waals surface area contributed by atoms with Crippen LogP contribution in [0.25, 0.3) is 0 Å². The Hall–Kier alpha value is -4.24. The summed E-state index contributed by atoms with van der Waals surface area (Å²) < 4.78 is 0. The van der Waals surface area contributed by atoms with Crippen LogP contribution in [0.2, 0.25) is 0 Å². The van der Waals surface area contributed by atoms with Crippen LogP contribution in [0.4, 0.5) is 34.1 Å². The lowest BCUT2D eigenvalue weighted by molar-refractivity contribution is 1.25. The van der Waals surface area contributed by atoms with Gasteiger partial charge in [-0.3, -0.25) is 0 Å². The van der Waals surface area contributed by atoms with Crippen molar-refractivity contribution in [2.24, 2.45) is 0 Å². The van der Waals surface area contributed by atoms with Crippen LogP contribution in [-0.4, -0.2) is 6.71 Å². The summed E-state index contributed by atoms with van der Waals surface area (Å²) in [5, 5.41) is 0. The van der Waals surface area contributed by atoms with Crippen LogP contribution in [-0.2, 0) is 0 Å². The first-order valence-electron chi connectivity index (χ1n) is 12.2. The molecule has 35 heavy (non-hydrogen) atoms. The van der Waals surface area contributed by atoms with Crippen molar-refractivity contribution in [1.29, 1.82) is 0 Å². The molecule has 0 N–H and O–H groups in total. The zero-order chi connectivity index (χ0) is 23.5. The summed E-state index contributed by atoms with van der Waals surface area (Å²) in [7, 11) is 0. The smallest absolute Gasteiger partial charge is 0.252 e. The molecule has 3 heteroatoms. The monoisotopic (exact) mass is 448 g/mol. The molecule has 0 saturated heterocycles. The number of nitrogens with zero attached hydrogens (tertiary/aromatic N) is 2. The first-order chi connectivity index (χ1) is 17.2. The summed E-state index contributed by atoms with van der Waals surface area (Å²) in [6.45, 7) is 4.48. The lowest BCUT2D eigenvalue weighted by atomic mass is 9.33. The summed E-state index contributed by atoms with van der Waals surface area (Å²) in [4.78, 5) is 4.87. The highest BCUT2D eigenvalue weighted by atomic mass is 15.2. The quantitative estimate of drug-likeness (QED) is 0.283. The third-order valence-electron chi connectivity index (χ3n) is 7.39. The molecule has 0 bridgehead atoms. The fraction of sp³-hybridized carbons (Fsp3) is 0.0625. The van der Waals surface area contributed by atoms with E-state index in [0.717, 1.165) is 0 Å². The molecule has 0 atom stereocenters. The van der Waals surface area contributed by atoms with Gasteiger partial charge in [0.25, 0.3) is 6.71 Å². The summed E-state index contributed by atoms with van der Waals surface area (Å²) in [5.74, 6) is 0. The van der Waals surface area contributed by atoms with E-state index in [1.165, 1.54) is 61.6 Å². The maximum atomic E-state index is 2.44. The van der Waals surface area contributed by atoms with Crippen LogP contribution in [0.1, 0.15) is 11.1 Å². The molecule has 0 saturated carbocycles. The van der Waals surface area contributed by atoms with Gasteiger partial charge in [-0.1, -0.05) is 77.9 Å². The van der Waals surface area contributed by atoms with Crippen molar-refractivity contribution in [3.05, 3.63) is 126 Å². The van der Waals surface area contributed by atoms with Crippen molar-refractivity contribution < 1.29 is 0 Å². The predicted octanol–water partition coefficient (Wildman–Crippen LogP) is 6.39. The number of anilines is 6. The Morgan fingerprint density at radius 1 is 0.429 bits per heavy atom. The molecule has 7 rings (SSSR count). The van der Waals surface area contributed by atoms with E-state index in [0.29, 0.717) is 0 Å². The van der Waals surface area contributed by atoms with Gasteiger partial charge < -0.3 is 9.80 Å². The first-order valence-corrected chi connectivity index (χ1v) is 12.2. The van der Waals surface area contributed by atoms with Gasteiger partial charge in [0.15, 0.2) is 0 Å². The number of aryl methyl sites for hydroxylation is 2. The molecule has 0 spiro atoms. The Labute approximate surface area is 207 Å². The second kappa shape index (κ2) is 7.64. The average Bonchev–Trinajstić information content (AvgIpc) is 2.90. The molecular weight excluding hydrogens is 423 g/mol. The Balaban J connectivity index is 1.55. The van der Waals surface area contributed by atoms with Gasteiger partial charge in [-0.15, -0.1) is 0 Å². The van der Waals surface area contributed by atoms with E-state index in [9.17, 15) is 0 Å². The Bertz CT molecular complexity index is 1460. The molecule has 166 valence electrons. The fourth-order valence-electron chi connectivity index (χ4n) is 5.78. The highest BCUT2D eigenvalue weighted by Gasteiger charge is 2.42. The summed E-state index contributed by atoms with van der Waals surface area (Å²) in [6.07, 6.45) is 0. The average molecular weight is 448 g/mol. The molecule has 0 radical (unpaired) electrons. The van der Waals surface area contributed by atoms with Crippen molar-refractivity contribution in [2.45, 2.75) is 13.8 Å². The third-order valence-corrected chi connectivity index (χ3v) is 7.39. The number of fused-ring (bicyclic) bond motifs is 4. The normalized spacial score (nSPS) is 13.3. The van der Waals surface area contributed by atoms with E-state index in [2.05, 4.69) is 139 Å². The molecule has 0 aromatic heterocycles. The molecule has 5 aromatic carbocycles. The minimum Gasteiger partial charge on any atom is -0.311 e. The molecule has 0 unspecified atom stereocenters. The van der Waals surface area contributed by atoms with Gasteiger partial charge in [0, 0.05) is 34.1 Å². The molecule has 2 aliphatic heterocycles. The number of benzene rings is 5. The van der Waals surface area contributed by atoms with Crippen molar-refractivity contribution in [3.8, 4) is 0 Å². The van der Waals surface area contributed by atoms with Crippen molar-refractivity contribution >= 4 is 57.2 Å². The van der Waals surface area contributed by atoms with E-state index in [1.807, 2.05) is 0 Å². The van der Waals surface area contributed by atoms with E-state index < -0.39 is 0 Å². The predicted molar refractivity (Wildman–Crippen MR) is 150 cm³/mol. The van der Waals surface area contributed by atoms with Crippen LogP contribution < -0.4 is 26.2 Å². The standard InChI is InChI=1S/C32H25BN2/c1-22-14-18-24(19-15-22)34-28-10-5-3-8-26(28)33-27-9-4-6-11-29(27)35(25-20-16-23(2)17-21-25)31-13-7-12-30(34)32(31)33/h3-21H,1-2H3. The first kappa shape index (κ1) is 20.2. The van der Waals surface area contributed by atoms with E-state index in [-0.39, 0.29) is 6.71 Å². The molecule has 0 amide bonds. The highest BCUT2D eigenvalue weighted by Crippen LogP contribution is 2.43. The zero-order valence-corrected chi connectivity index (χ0v) is 19.9. The lowest BCUT2D eigenvalue weighted by Crippen LogP contribution is -2.61. The van der Waals surface area contributed by atoms with Gasteiger partial charge >= 0.3 is 0 Å². The Morgan fingerprint density at radius 2 is 0.829 bits per heavy atom. The van der Waals surface area contributed by atoms with E-state index in [4.69, 9.17) is 0 Å². The summed E-state index contributed by atoms with van der Waals surface area (Å²) in [5.41, 5.74) is 14.0. The minimum absolute atomic E-state index is 0.192. The summed E-state index contributed by atoms with van der Waals surface area (Å²) in [6, 6.07) is 42.3. The lowest BCUT2D eigenvalue weighted by Gasteiger charge is -2.44. The molecule has 5 aromatic rings. The number of para-hydroxylation sites is 2. The minimum atomic E-state index is 0.192. The molecule has 0 fully saturated rings. The SMILES string of the molecule is Cc1ccc(N2c3ccccc3B3c4ccccc4N(c4ccc(C)cc4)c4cccc2c43)cc1. The largest absolute Gasteiger partial charge is 0.311 e. The van der Waals surface area contributed by atoms with Gasteiger partial charge in [0.1, 0.15) is 0 Å². The molecule has 2 nitrogen and oxygen atoms in total. The molecule has 2 aliphatic rings. The van der Waals surface area contributed by atoms with Crippen LogP contribution in [0.3, 0.4) is 0 Å². The van der Waals surface area contributed by atoms with Crippen molar-refractivity contribution in [3.63, 3.8) is 0 Å². The highest BCUT2D eigenvalue weighted by molar-refractivity contribution is 7.00. The van der Waals surface area contributed by atoms with Crippen LogP contribution in [0, 0.1) is 13.8 Å². The Morgan fingerprint density at radius 3 is 1.29 bits per heavy atom. The van der Waals surface area contributed by atoms with Gasteiger partial charge in [0.2, 0.25) is 0 Å². The topological polar surface area (TPSA) is 6.48 Å². The molecular formula is C32H25BN2. The molecule has 0 aliphatic carbocycles. The van der Waals surface area contributed by atoms with E-state index >= 15 is 0 Å². The number of hydrogen-bond acceptors (Lipinski definition) is 2. The maximum absolute atomic E-state index is 2.44. The Kier molecular flexibility index (Phi) is 4.40. The van der Waals surface area contributed by atoms with Gasteiger partial charge in [-0.05, 0) is 78.8 Å². The number of hydrogen-bond donors (Lipinski definition) is 0. The van der Waals surface area contributed by atoms with Crippen LogP contribution in [0.15, 0.2) is 115 Å². The second-order valence-corrected chi connectivity index (χ2v) is 9.60. The summed E-state index contributed by atoms with van der Waals surface area (Å²) >= 11 is 0. The van der Waals surface area contributed by atoms with Crippen molar-refractivity contribution in [1.82, 2.24) is 0 Å². The fourth-order valence-corrected chi connectivity index (χ4v) is 5.78. The van der Waals surface area contributed by atoms with Gasteiger partial charge in [-0.2, -0.15) is 0 Å². The van der Waals surface area contributed by atoms with E-state index in [1.54, 1.807) is 0 Å². The van der Waals surface area contributed by atoms with Crippen LogP contribution >= 0.6 is 0 Å². The zero-order valence-electron chi connectivity index (χ0n) is 19.9. The molecule has 2 heterocycles. The number of rotatable bonds is 2. The maximum Gasteiger partial charge on any atom is 0.252 e. The second-order valence-electron chi connectivity index (χ2n) is 9.60. The van der Waals surface area contributed by atoms with Crippen molar-refractivity contribution in [2.75, 3.05) is 9.80 Å².